The normalized spacial score (nSPS) is 20.0. The Hall–Kier alpha value is -2.21. The molecule has 1 amide bonds. The predicted molar refractivity (Wildman–Crippen MR) is 97.7 cm³/mol. The maximum atomic E-state index is 12.1. The van der Waals surface area contributed by atoms with Gasteiger partial charge in [-0.05, 0) is 37.3 Å². The topological polar surface area (TPSA) is 68.3 Å². The van der Waals surface area contributed by atoms with E-state index in [4.69, 9.17) is 4.74 Å². The van der Waals surface area contributed by atoms with Crippen LogP contribution in [0.4, 0.5) is 5.13 Å². The number of ether oxygens (including phenoxy) is 1. The van der Waals surface area contributed by atoms with Crippen molar-refractivity contribution in [3.05, 3.63) is 47.0 Å². The first kappa shape index (κ1) is 17.6. The zero-order chi connectivity index (χ0) is 17.6. The van der Waals surface area contributed by atoms with Crippen LogP contribution in [0, 0.1) is 5.92 Å². The molecule has 1 aliphatic rings. The van der Waals surface area contributed by atoms with E-state index in [1.54, 1.807) is 17.5 Å². The van der Waals surface area contributed by atoms with Gasteiger partial charge in [0.05, 0.1) is 12.1 Å². The number of aromatic nitrogens is 1. The fourth-order valence-electron chi connectivity index (χ4n) is 3.07. The van der Waals surface area contributed by atoms with Gasteiger partial charge in [-0.25, -0.2) is 4.98 Å². The van der Waals surface area contributed by atoms with Gasteiger partial charge in [0.2, 0.25) is 0 Å². The minimum Gasteiger partial charge on any atom is -0.462 e. The highest BCUT2D eigenvalue weighted by Crippen LogP contribution is 2.26. The van der Waals surface area contributed by atoms with Crippen LogP contribution in [0.3, 0.4) is 0 Å². The van der Waals surface area contributed by atoms with Gasteiger partial charge in [0.1, 0.15) is 6.10 Å². The summed E-state index contributed by atoms with van der Waals surface area (Å²) in [5.74, 6) is 0.163. The molecule has 3 rings (SSSR count). The molecule has 1 heterocycles. The molecule has 1 saturated carbocycles. The quantitative estimate of drug-likeness (QED) is 0.819. The van der Waals surface area contributed by atoms with Crippen molar-refractivity contribution in [3.8, 4) is 0 Å². The summed E-state index contributed by atoms with van der Waals surface area (Å²) in [6, 6.07) is 8.96. The number of carbonyl (C=O) groups excluding carboxylic acids is 2. The molecule has 1 aromatic heterocycles. The lowest BCUT2D eigenvalue weighted by Gasteiger charge is -2.26. The number of amides is 1. The van der Waals surface area contributed by atoms with Crippen molar-refractivity contribution in [2.24, 2.45) is 5.92 Å². The minimum absolute atomic E-state index is 0.0344. The molecule has 0 spiro atoms. The van der Waals surface area contributed by atoms with Crippen molar-refractivity contribution in [3.63, 3.8) is 0 Å². The fraction of sp³-hybridized carbons (Fsp3) is 0.421. The predicted octanol–water partition coefficient (Wildman–Crippen LogP) is 4.06. The molecule has 5 nitrogen and oxygen atoms in total. The highest BCUT2D eigenvalue weighted by Gasteiger charge is 2.22. The van der Waals surface area contributed by atoms with Crippen LogP contribution in [0.15, 0.2) is 35.7 Å². The maximum Gasteiger partial charge on any atom is 0.312 e. The molecule has 1 fully saturated rings. The molecule has 1 aliphatic carbocycles. The molecule has 2 unspecified atom stereocenters. The van der Waals surface area contributed by atoms with Gasteiger partial charge in [0.15, 0.2) is 5.13 Å². The highest BCUT2D eigenvalue weighted by molar-refractivity contribution is 7.14. The van der Waals surface area contributed by atoms with Crippen molar-refractivity contribution in [1.82, 2.24) is 4.98 Å². The molecule has 1 N–H and O–H groups in total. The monoisotopic (exact) mass is 358 g/mol. The summed E-state index contributed by atoms with van der Waals surface area (Å²) < 4.78 is 5.56. The largest absolute Gasteiger partial charge is 0.462 e. The van der Waals surface area contributed by atoms with Gasteiger partial charge in [0, 0.05) is 10.9 Å². The first-order valence-electron chi connectivity index (χ1n) is 8.60. The standard InChI is InChI=1S/C19H22N2O3S/c1-13-6-5-9-16(10-13)24-17(22)11-15-12-25-19(20-15)21-18(23)14-7-3-2-4-8-14/h2-4,7-8,12-13,16H,5-6,9-11H2,1H3,(H,20,21,23). The van der Waals surface area contributed by atoms with E-state index in [9.17, 15) is 9.59 Å². The molecule has 6 heteroatoms. The Morgan fingerprint density at radius 2 is 2.08 bits per heavy atom. The molecular weight excluding hydrogens is 336 g/mol. The second kappa shape index (κ2) is 8.25. The van der Waals surface area contributed by atoms with E-state index in [1.165, 1.54) is 17.8 Å². The van der Waals surface area contributed by atoms with Crippen LogP contribution in [0.5, 0.6) is 0 Å². The number of hydrogen-bond acceptors (Lipinski definition) is 5. The van der Waals surface area contributed by atoms with Crippen LogP contribution in [-0.2, 0) is 16.0 Å². The minimum atomic E-state index is -0.245. The van der Waals surface area contributed by atoms with Gasteiger partial charge in [-0.2, -0.15) is 0 Å². The van der Waals surface area contributed by atoms with E-state index < -0.39 is 0 Å². The Balaban J connectivity index is 1.51. The van der Waals surface area contributed by atoms with Crippen molar-refractivity contribution >= 4 is 28.3 Å². The van der Waals surface area contributed by atoms with Crippen LogP contribution in [0.2, 0.25) is 0 Å². The molecule has 0 aliphatic heterocycles. The van der Waals surface area contributed by atoms with Gasteiger partial charge in [-0.1, -0.05) is 31.5 Å². The smallest absolute Gasteiger partial charge is 0.312 e. The van der Waals surface area contributed by atoms with Crippen molar-refractivity contribution < 1.29 is 14.3 Å². The van der Waals surface area contributed by atoms with E-state index in [0.717, 1.165) is 19.3 Å². The Morgan fingerprint density at radius 1 is 1.28 bits per heavy atom. The summed E-state index contributed by atoms with van der Waals surface area (Å²) in [5, 5.41) is 5.03. The third-order valence-corrected chi connectivity index (χ3v) is 5.13. The molecule has 2 atom stereocenters. The van der Waals surface area contributed by atoms with Gasteiger partial charge in [-0.3, -0.25) is 14.9 Å². The third-order valence-electron chi connectivity index (χ3n) is 4.32. The fourth-order valence-corrected chi connectivity index (χ4v) is 3.77. The van der Waals surface area contributed by atoms with Gasteiger partial charge in [-0.15, -0.1) is 11.3 Å². The maximum absolute atomic E-state index is 12.1. The van der Waals surface area contributed by atoms with E-state index in [1.807, 2.05) is 18.2 Å². The Labute approximate surface area is 151 Å². The lowest BCUT2D eigenvalue weighted by Crippen LogP contribution is -2.25. The van der Waals surface area contributed by atoms with E-state index in [0.29, 0.717) is 22.3 Å². The van der Waals surface area contributed by atoms with E-state index in [-0.39, 0.29) is 24.4 Å². The Bertz CT molecular complexity index is 729. The Morgan fingerprint density at radius 3 is 2.84 bits per heavy atom. The first-order chi connectivity index (χ1) is 12.1. The van der Waals surface area contributed by atoms with Crippen molar-refractivity contribution in [2.75, 3.05) is 5.32 Å². The van der Waals surface area contributed by atoms with E-state index in [2.05, 4.69) is 17.2 Å². The van der Waals surface area contributed by atoms with Crippen LogP contribution >= 0.6 is 11.3 Å². The number of nitrogens with zero attached hydrogens (tertiary/aromatic N) is 1. The number of rotatable bonds is 5. The van der Waals surface area contributed by atoms with Gasteiger partial charge in [0.25, 0.3) is 5.91 Å². The molecular formula is C19H22N2O3S. The molecule has 0 radical (unpaired) electrons. The summed E-state index contributed by atoms with van der Waals surface area (Å²) in [6.07, 6.45) is 4.40. The average molecular weight is 358 g/mol. The second-order valence-corrected chi connectivity index (χ2v) is 7.38. The van der Waals surface area contributed by atoms with Gasteiger partial charge < -0.3 is 4.74 Å². The SMILES string of the molecule is CC1CCCC(OC(=O)Cc2csc(NC(=O)c3ccccc3)n2)C1. The zero-order valence-corrected chi connectivity index (χ0v) is 15.1. The first-order valence-corrected chi connectivity index (χ1v) is 9.48. The summed E-state index contributed by atoms with van der Waals surface area (Å²) in [6.45, 7) is 2.20. The molecule has 2 aromatic rings. The number of anilines is 1. The molecule has 25 heavy (non-hydrogen) atoms. The molecule has 0 saturated heterocycles. The third kappa shape index (κ3) is 5.13. The highest BCUT2D eigenvalue weighted by atomic mass is 32.1. The van der Waals surface area contributed by atoms with Crippen LogP contribution in [0.1, 0.15) is 48.7 Å². The average Bonchev–Trinajstić information content (AvgIpc) is 3.02. The molecule has 132 valence electrons. The number of nitrogens with one attached hydrogen (secondary N) is 1. The van der Waals surface area contributed by atoms with E-state index >= 15 is 0 Å². The number of hydrogen-bond donors (Lipinski definition) is 1. The molecule has 0 bridgehead atoms. The van der Waals surface area contributed by atoms with Crippen LogP contribution in [-0.4, -0.2) is 23.0 Å². The van der Waals surface area contributed by atoms with Crippen LogP contribution in [0.25, 0.3) is 0 Å². The van der Waals surface area contributed by atoms with Gasteiger partial charge >= 0.3 is 5.97 Å². The lowest BCUT2D eigenvalue weighted by molar-refractivity contribution is -0.150. The van der Waals surface area contributed by atoms with Crippen LogP contribution < -0.4 is 5.32 Å². The Kier molecular flexibility index (Phi) is 5.81. The number of carbonyl (C=O) groups is 2. The second-order valence-electron chi connectivity index (χ2n) is 6.52. The number of benzene rings is 1. The summed E-state index contributed by atoms with van der Waals surface area (Å²) in [7, 11) is 0. The molecule has 1 aromatic carbocycles. The summed E-state index contributed by atoms with van der Waals surface area (Å²) >= 11 is 1.31. The summed E-state index contributed by atoms with van der Waals surface area (Å²) in [5.41, 5.74) is 1.20. The zero-order valence-electron chi connectivity index (χ0n) is 14.2. The van der Waals surface area contributed by atoms with Crippen molar-refractivity contribution in [2.45, 2.75) is 45.1 Å². The number of esters is 1. The number of thiazole rings is 1. The van der Waals surface area contributed by atoms with Crippen molar-refractivity contribution in [1.29, 1.82) is 0 Å². The summed E-state index contributed by atoms with van der Waals surface area (Å²) in [4.78, 5) is 28.5. The lowest BCUT2D eigenvalue weighted by atomic mass is 9.89.